The molecule has 0 bridgehead atoms. The zero-order chi connectivity index (χ0) is 23.4. The lowest BCUT2D eigenvalue weighted by molar-refractivity contribution is -0.149. The predicted molar refractivity (Wildman–Crippen MR) is 120 cm³/mol. The average Bonchev–Trinajstić information content (AvgIpc) is 3.09. The number of benzene rings is 2. The van der Waals surface area contributed by atoms with Crippen LogP contribution in [0.15, 0.2) is 48.5 Å². The summed E-state index contributed by atoms with van der Waals surface area (Å²) in [6.07, 6.45) is -0.719. The molecule has 0 heterocycles. The van der Waals surface area contributed by atoms with E-state index < -0.39 is 30.1 Å². The molecule has 0 aromatic heterocycles. The standard InChI is InChI=1S/C24H29N3O5/c1-15(23(29)30)27(4)22(28)21(13-26(2)3)25-24(31)32-14-20-18-11-7-5-9-16(18)17-10-6-8-12-19(17)20/h5-12,15,20-21H,13-14H2,1-4H3,(H,25,31)(H,29,30)/t15?,21-/m0/s1. The van der Waals surface area contributed by atoms with Gasteiger partial charge < -0.3 is 25.0 Å². The van der Waals surface area contributed by atoms with Crippen molar-refractivity contribution in [3.8, 4) is 11.1 Å². The normalized spacial score (nSPS) is 14.3. The van der Waals surface area contributed by atoms with Crippen molar-refractivity contribution in [1.82, 2.24) is 15.1 Å². The Hall–Kier alpha value is -3.39. The Balaban J connectivity index is 1.69. The van der Waals surface area contributed by atoms with Crippen LogP contribution in [0.1, 0.15) is 24.0 Å². The van der Waals surface area contributed by atoms with E-state index in [1.54, 1.807) is 19.0 Å². The van der Waals surface area contributed by atoms with E-state index >= 15 is 0 Å². The van der Waals surface area contributed by atoms with Crippen LogP contribution >= 0.6 is 0 Å². The molecule has 0 saturated heterocycles. The molecule has 2 N–H and O–H groups in total. The Morgan fingerprint density at radius 3 is 2.03 bits per heavy atom. The molecule has 1 aliphatic rings. The molecule has 2 amide bonds. The number of carboxylic acids is 1. The number of hydrogen-bond acceptors (Lipinski definition) is 5. The number of rotatable bonds is 8. The van der Waals surface area contributed by atoms with Crippen LogP contribution < -0.4 is 5.32 Å². The van der Waals surface area contributed by atoms with Gasteiger partial charge in [0, 0.05) is 19.5 Å². The zero-order valence-corrected chi connectivity index (χ0v) is 18.7. The number of carbonyl (C=O) groups excluding carboxylic acids is 2. The van der Waals surface area contributed by atoms with E-state index in [-0.39, 0.29) is 19.1 Å². The molecular weight excluding hydrogens is 410 g/mol. The number of alkyl carbamates (subject to hydrolysis) is 1. The Labute approximate surface area is 187 Å². The molecule has 0 radical (unpaired) electrons. The Bertz CT molecular complexity index is 961. The largest absolute Gasteiger partial charge is 0.480 e. The van der Waals surface area contributed by atoms with E-state index in [0.29, 0.717) is 0 Å². The summed E-state index contributed by atoms with van der Waals surface area (Å²) in [7, 11) is 4.93. The van der Waals surface area contributed by atoms with Gasteiger partial charge in [0.15, 0.2) is 0 Å². The molecule has 0 spiro atoms. The maximum Gasteiger partial charge on any atom is 0.407 e. The highest BCUT2D eigenvalue weighted by Gasteiger charge is 2.32. The SMILES string of the molecule is CC(C(=O)O)N(C)C(=O)[C@H](CN(C)C)NC(=O)OCC1c2ccccc2-c2ccccc21. The van der Waals surface area contributed by atoms with Gasteiger partial charge in [-0.05, 0) is 43.3 Å². The minimum atomic E-state index is -1.12. The molecule has 1 aliphatic carbocycles. The fraction of sp³-hybridized carbons (Fsp3) is 0.375. The molecule has 2 aromatic rings. The predicted octanol–water partition coefficient (Wildman–Crippen LogP) is 2.39. The highest BCUT2D eigenvalue weighted by molar-refractivity contribution is 5.89. The molecule has 32 heavy (non-hydrogen) atoms. The summed E-state index contributed by atoms with van der Waals surface area (Å²) in [5.74, 6) is -1.71. The Kier molecular flexibility index (Phi) is 7.15. The number of amides is 2. The van der Waals surface area contributed by atoms with Gasteiger partial charge in [0.25, 0.3) is 0 Å². The molecule has 0 aliphatic heterocycles. The number of ether oxygens (including phenoxy) is 1. The second-order valence-corrected chi connectivity index (χ2v) is 8.25. The van der Waals surface area contributed by atoms with Gasteiger partial charge in [0.1, 0.15) is 18.7 Å². The molecule has 8 nitrogen and oxygen atoms in total. The number of aliphatic carboxylic acids is 1. The molecule has 0 fully saturated rings. The molecule has 2 atom stereocenters. The lowest BCUT2D eigenvalue weighted by atomic mass is 9.98. The van der Waals surface area contributed by atoms with Crippen molar-refractivity contribution < 1.29 is 24.2 Å². The van der Waals surface area contributed by atoms with Crippen LogP contribution in [0.5, 0.6) is 0 Å². The molecular formula is C24H29N3O5. The van der Waals surface area contributed by atoms with Gasteiger partial charge in [-0.2, -0.15) is 0 Å². The summed E-state index contributed by atoms with van der Waals surface area (Å²) in [4.78, 5) is 39.5. The third-order valence-corrected chi connectivity index (χ3v) is 5.77. The van der Waals surface area contributed by atoms with Crippen LogP contribution in [0.2, 0.25) is 0 Å². The van der Waals surface area contributed by atoms with Gasteiger partial charge in [0.05, 0.1) is 0 Å². The van der Waals surface area contributed by atoms with Crippen molar-refractivity contribution in [2.45, 2.75) is 24.9 Å². The Morgan fingerprint density at radius 2 is 1.53 bits per heavy atom. The number of likely N-dealkylation sites (N-methyl/N-ethyl adjacent to an activating group) is 2. The van der Waals surface area contributed by atoms with E-state index in [2.05, 4.69) is 17.4 Å². The quantitative estimate of drug-likeness (QED) is 0.655. The molecule has 1 unspecified atom stereocenters. The second-order valence-electron chi connectivity index (χ2n) is 8.25. The molecule has 0 saturated carbocycles. The molecule has 3 rings (SSSR count). The average molecular weight is 440 g/mol. The summed E-state index contributed by atoms with van der Waals surface area (Å²) in [6.45, 7) is 1.75. The van der Waals surface area contributed by atoms with E-state index in [4.69, 9.17) is 4.74 Å². The third-order valence-electron chi connectivity index (χ3n) is 5.77. The number of fused-ring (bicyclic) bond motifs is 3. The number of nitrogens with zero attached hydrogens (tertiary/aromatic N) is 2. The van der Waals surface area contributed by atoms with Gasteiger partial charge >= 0.3 is 12.1 Å². The molecule has 8 heteroatoms. The van der Waals surface area contributed by atoms with Gasteiger partial charge in [-0.15, -0.1) is 0 Å². The highest BCUT2D eigenvalue weighted by atomic mass is 16.5. The number of carbonyl (C=O) groups is 3. The van der Waals surface area contributed by atoms with Crippen LogP contribution in [-0.2, 0) is 14.3 Å². The van der Waals surface area contributed by atoms with Crippen molar-refractivity contribution in [1.29, 1.82) is 0 Å². The second kappa shape index (κ2) is 9.82. The topological polar surface area (TPSA) is 99.2 Å². The van der Waals surface area contributed by atoms with Crippen LogP contribution in [0.3, 0.4) is 0 Å². The maximum atomic E-state index is 12.8. The fourth-order valence-corrected chi connectivity index (χ4v) is 3.94. The van der Waals surface area contributed by atoms with E-state index in [9.17, 15) is 19.5 Å². The number of nitrogens with one attached hydrogen (secondary N) is 1. The monoisotopic (exact) mass is 439 g/mol. The smallest absolute Gasteiger partial charge is 0.407 e. The number of carboxylic acid groups (broad SMARTS) is 1. The summed E-state index contributed by atoms with van der Waals surface area (Å²) in [5.41, 5.74) is 4.44. The lowest BCUT2D eigenvalue weighted by Gasteiger charge is -2.28. The summed E-state index contributed by atoms with van der Waals surface area (Å²) >= 11 is 0. The van der Waals surface area contributed by atoms with Crippen LogP contribution in [0, 0.1) is 0 Å². The van der Waals surface area contributed by atoms with Crippen molar-refractivity contribution in [2.24, 2.45) is 0 Å². The lowest BCUT2D eigenvalue weighted by Crippen LogP contribution is -2.55. The van der Waals surface area contributed by atoms with Gasteiger partial charge in [-0.3, -0.25) is 4.79 Å². The first kappa shape index (κ1) is 23.3. The Morgan fingerprint density at radius 1 is 1.00 bits per heavy atom. The minimum Gasteiger partial charge on any atom is -0.480 e. The summed E-state index contributed by atoms with van der Waals surface area (Å²) in [5, 5.41) is 11.8. The van der Waals surface area contributed by atoms with Gasteiger partial charge in [-0.1, -0.05) is 48.5 Å². The van der Waals surface area contributed by atoms with Crippen molar-refractivity contribution in [2.75, 3.05) is 34.3 Å². The van der Waals surface area contributed by atoms with Crippen molar-refractivity contribution >= 4 is 18.0 Å². The first-order valence-corrected chi connectivity index (χ1v) is 10.5. The first-order chi connectivity index (χ1) is 15.2. The van der Waals surface area contributed by atoms with Crippen LogP contribution in [0.25, 0.3) is 11.1 Å². The zero-order valence-electron chi connectivity index (χ0n) is 18.7. The molecule has 170 valence electrons. The van der Waals surface area contributed by atoms with E-state index in [1.807, 2.05) is 36.4 Å². The van der Waals surface area contributed by atoms with E-state index in [1.165, 1.54) is 14.0 Å². The summed E-state index contributed by atoms with van der Waals surface area (Å²) < 4.78 is 5.53. The number of hydrogen-bond donors (Lipinski definition) is 2. The van der Waals surface area contributed by atoms with Crippen molar-refractivity contribution in [3.63, 3.8) is 0 Å². The fourth-order valence-electron chi connectivity index (χ4n) is 3.94. The summed E-state index contributed by atoms with van der Waals surface area (Å²) in [6, 6.07) is 14.1. The minimum absolute atomic E-state index is 0.0918. The highest BCUT2D eigenvalue weighted by Crippen LogP contribution is 2.44. The first-order valence-electron chi connectivity index (χ1n) is 10.5. The van der Waals surface area contributed by atoms with Crippen LogP contribution in [0.4, 0.5) is 4.79 Å². The molecule has 2 aromatic carbocycles. The van der Waals surface area contributed by atoms with Crippen molar-refractivity contribution in [3.05, 3.63) is 59.7 Å². The van der Waals surface area contributed by atoms with E-state index in [0.717, 1.165) is 27.2 Å². The third kappa shape index (κ3) is 4.91. The van der Waals surface area contributed by atoms with Crippen LogP contribution in [-0.4, -0.2) is 79.3 Å². The maximum absolute atomic E-state index is 12.8. The van der Waals surface area contributed by atoms with Gasteiger partial charge in [0.2, 0.25) is 5.91 Å². The van der Waals surface area contributed by atoms with Gasteiger partial charge in [-0.25, -0.2) is 9.59 Å².